The molecule has 0 aliphatic carbocycles. The molecule has 1 rings (SSSR count). The molecular weight excluding hydrogens is 214 g/mol. The fourth-order valence-electron chi connectivity index (χ4n) is 1.43. The standard InChI is InChI=1S/C12H23N5/c1-4-6-14-11-8-12(17-10(3)16-11)15-7-5-9(2)13/h8-9H,4-7,13H2,1-3H3,(H2,14,15,16,17). The Balaban J connectivity index is 2.55. The van der Waals surface area contributed by atoms with Gasteiger partial charge in [-0.25, -0.2) is 9.97 Å². The summed E-state index contributed by atoms with van der Waals surface area (Å²) in [6.45, 7) is 7.79. The number of aromatic nitrogens is 2. The molecule has 0 radical (unpaired) electrons. The van der Waals surface area contributed by atoms with E-state index in [0.29, 0.717) is 0 Å². The van der Waals surface area contributed by atoms with Crippen molar-refractivity contribution >= 4 is 11.6 Å². The number of rotatable bonds is 7. The monoisotopic (exact) mass is 237 g/mol. The Labute approximate surface area is 103 Å². The van der Waals surface area contributed by atoms with Gasteiger partial charge in [-0.1, -0.05) is 6.92 Å². The highest BCUT2D eigenvalue weighted by Gasteiger charge is 2.01. The summed E-state index contributed by atoms with van der Waals surface area (Å²) >= 11 is 0. The Kier molecular flexibility index (Phi) is 5.69. The van der Waals surface area contributed by atoms with Crippen molar-refractivity contribution in [2.45, 2.75) is 39.7 Å². The van der Waals surface area contributed by atoms with Crippen LogP contribution in [0, 0.1) is 6.92 Å². The van der Waals surface area contributed by atoms with E-state index in [-0.39, 0.29) is 6.04 Å². The molecule has 1 aromatic heterocycles. The van der Waals surface area contributed by atoms with E-state index in [4.69, 9.17) is 5.73 Å². The van der Waals surface area contributed by atoms with Gasteiger partial charge >= 0.3 is 0 Å². The van der Waals surface area contributed by atoms with E-state index in [1.807, 2.05) is 19.9 Å². The molecule has 1 heterocycles. The van der Waals surface area contributed by atoms with Crippen LogP contribution in [0.4, 0.5) is 11.6 Å². The van der Waals surface area contributed by atoms with Crippen molar-refractivity contribution in [1.29, 1.82) is 0 Å². The van der Waals surface area contributed by atoms with E-state index in [1.165, 1.54) is 0 Å². The zero-order valence-corrected chi connectivity index (χ0v) is 11.0. The van der Waals surface area contributed by atoms with E-state index in [1.54, 1.807) is 0 Å². The van der Waals surface area contributed by atoms with Gasteiger partial charge in [-0.2, -0.15) is 0 Å². The zero-order chi connectivity index (χ0) is 12.7. The molecule has 0 aromatic carbocycles. The van der Waals surface area contributed by atoms with Crippen LogP contribution >= 0.6 is 0 Å². The summed E-state index contributed by atoms with van der Waals surface area (Å²) in [5.41, 5.74) is 5.70. The lowest BCUT2D eigenvalue weighted by Gasteiger charge is -2.10. The first-order chi connectivity index (χ1) is 8.11. The fraction of sp³-hybridized carbons (Fsp3) is 0.667. The minimum absolute atomic E-state index is 0.211. The average molecular weight is 237 g/mol. The predicted molar refractivity (Wildman–Crippen MR) is 72.3 cm³/mol. The molecule has 0 saturated carbocycles. The normalized spacial score (nSPS) is 12.2. The first-order valence-corrected chi connectivity index (χ1v) is 6.20. The van der Waals surface area contributed by atoms with E-state index in [0.717, 1.165) is 43.4 Å². The molecule has 17 heavy (non-hydrogen) atoms. The first-order valence-electron chi connectivity index (χ1n) is 6.20. The molecule has 0 bridgehead atoms. The number of hydrogen-bond donors (Lipinski definition) is 3. The Morgan fingerprint density at radius 2 is 1.82 bits per heavy atom. The molecule has 1 atom stereocenters. The number of anilines is 2. The third-order valence-corrected chi connectivity index (χ3v) is 2.30. The Hall–Kier alpha value is -1.36. The molecule has 96 valence electrons. The van der Waals surface area contributed by atoms with E-state index >= 15 is 0 Å². The largest absolute Gasteiger partial charge is 0.370 e. The molecule has 0 aliphatic heterocycles. The number of nitrogens with two attached hydrogens (primary N) is 1. The Morgan fingerprint density at radius 3 is 2.35 bits per heavy atom. The topological polar surface area (TPSA) is 75.9 Å². The summed E-state index contributed by atoms with van der Waals surface area (Å²) in [6, 6.07) is 2.15. The molecule has 0 fully saturated rings. The number of hydrogen-bond acceptors (Lipinski definition) is 5. The second kappa shape index (κ2) is 7.06. The number of nitrogens with one attached hydrogen (secondary N) is 2. The van der Waals surface area contributed by atoms with Crippen LogP contribution in [0.1, 0.15) is 32.5 Å². The molecule has 0 saturated heterocycles. The van der Waals surface area contributed by atoms with Crippen molar-refractivity contribution < 1.29 is 0 Å². The molecule has 0 amide bonds. The highest BCUT2D eigenvalue weighted by molar-refractivity contribution is 5.47. The second-order valence-corrected chi connectivity index (χ2v) is 4.31. The van der Waals surface area contributed by atoms with Crippen LogP contribution in [0.5, 0.6) is 0 Å². The second-order valence-electron chi connectivity index (χ2n) is 4.31. The van der Waals surface area contributed by atoms with Gasteiger partial charge in [-0.05, 0) is 26.7 Å². The van der Waals surface area contributed by atoms with Gasteiger partial charge in [0.25, 0.3) is 0 Å². The van der Waals surface area contributed by atoms with Gasteiger partial charge in [0, 0.05) is 25.2 Å². The van der Waals surface area contributed by atoms with Gasteiger partial charge in [0.15, 0.2) is 0 Å². The fourth-order valence-corrected chi connectivity index (χ4v) is 1.43. The summed E-state index contributed by atoms with van der Waals surface area (Å²) in [4.78, 5) is 8.66. The van der Waals surface area contributed by atoms with Crippen molar-refractivity contribution in [2.75, 3.05) is 23.7 Å². The Morgan fingerprint density at radius 1 is 1.24 bits per heavy atom. The smallest absolute Gasteiger partial charge is 0.131 e. The van der Waals surface area contributed by atoms with E-state index in [2.05, 4.69) is 27.5 Å². The predicted octanol–water partition coefficient (Wildman–Crippen LogP) is 1.76. The van der Waals surface area contributed by atoms with Crippen LogP contribution in [0.3, 0.4) is 0 Å². The first kappa shape index (κ1) is 13.7. The third kappa shape index (κ3) is 5.49. The van der Waals surface area contributed by atoms with Crippen LogP contribution in [0.2, 0.25) is 0 Å². The SMILES string of the molecule is CCCNc1cc(NCCC(C)N)nc(C)n1. The highest BCUT2D eigenvalue weighted by atomic mass is 15.1. The molecule has 0 spiro atoms. The summed E-state index contributed by atoms with van der Waals surface area (Å²) in [5.74, 6) is 2.51. The quantitative estimate of drug-likeness (QED) is 0.673. The van der Waals surface area contributed by atoms with Gasteiger partial charge in [-0.15, -0.1) is 0 Å². The van der Waals surface area contributed by atoms with Crippen LogP contribution in [-0.2, 0) is 0 Å². The molecule has 1 unspecified atom stereocenters. The Bertz CT molecular complexity index is 338. The maximum Gasteiger partial charge on any atom is 0.131 e. The lowest BCUT2D eigenvalue weighted by Crippen LogP contribution is -2.19. The van der Waals surface area contributed by atoms with Crippen molar-refractivity contribution in [3.8, 4) is 0 Å². The van der Waals surface area contributed by atoms with Crippen LogP contribution in [0.25, 0.3) is 0 Å². The minimum atomic E-state index is 0.211. The zero-order valence-electron chi connectivity index (χ0n) is 11.0. The molecule has 1 aromatic rings. The number of aryl methyl sites for hydroxylation is 1. The van der Waals surface area contributed by atoms with Gasteiger partial charge in [0.1, 0.15) is 17.5 Å². The van der Waals surface area contributed by atoms with Gasteiger partial charge in [-0.3, -0.25) is 0 Å². The van der Waals surface area contributed by atoms with Gasteiger partial charge in [0.2, 0.25) is 0 Å². The van der Waals surface area contributed by atoms with Crippen molar-refractivity contribution in [2.24, 2.45) is 5.73 Å². The van der Waals surface area contributed by atoms with Gasteiger partial charge in [0.05, 0.1) is 0 Å². The summed E-state index contributed by atoms with van der Waals surface area (Å²) in [5, 5.41) is 6.52. The lowest BCUT2D eigenvalue weighted by atomic mass is 10.2. The van der Waals surface area contributed by atoms with Crippen LogP contribution < -0.4 is 16.4 Å². The average Bonchev–Trinajstić information content (AvgIpc) is 2.25. The van der Waals surface area contributed by atoms with Crippen LogP contribution in [-0.4, -0.2) is 29.1 Å². The summed E-state index contributed by atoms with van der Waals surface area (Å²) in [7, 11) is 0. The summed E-state index contributed by atoms with van der Waals surface area (Å²) in [6.07, 6.45) is 2.01. The van der Waals surface area contributed by atoms with E-state index < -0.39 is 0 Å². The maximum absolute atomic E-state index is 5.70. The maximum atomic E-state index is 5.70. The van der Waals surface area contributed by atoms with Gasteiger partial charge < -0.3 is 16.4 Å². The molecule has 5 heteroatoms. The van der Waals surface area contributed by atoms with Crippen LogP contribution in [0.15, 0.2) is 6.07 Å². The molecule has 0 aliphatic rings. The van der Waals surface area contributed by atoms with Crippen molar-refractivity contribution in [1.82, 2.24) is 9.97 Å². The van der Waals surface area contributed by atoms with Crippen molar-refractivity contribution in [3.63, 3.8) is 0 Å². The van der Waals surface area contributed by atoms with Crippen molar-refractivity contribution in [3.05, 3.63) is 11.9 Å². The third-order valence-electron chi connectivity index (χ3n) is 2.30. The summed E-state index contributed by atoms with van der Waals surface area (Å²) < 4.78 is 0. The highest BCUT2D eigenvalue weighted by Crippen LogP contribution is 2.11. The molecule has 4 N–H and O–H groups in total. The lowest BCUT2D eigenvalue weighted by molar-refractivity contribution is 0.689. The minimum Gasteiger partial charge on any atom is -0.370 e. The number of nitrogens with zero attached hydrogens (tertiary/aromatic N) is 2. The molecule has 5 nitrogen and oxygen atoms in total. The molecular formula is C12H23N5. The van der Waals surface area contributed by atoms with E-state index in [9.17, 15) is 0 Å².